The lowest BCUT2D eigenvalue weighted by atomic mass is 10.4. The van der Waals surface area contributed by atoms with Gasteiger partial charge in [0.15, 0.2) is 6.29 Å². The Morgan fingerprint density at radius 2 is 2.12 bits per heavy atom. The van der Waals surface area contributed by atoms with Crippen molar-refractivity contribution >= 4 is 39.4 Å². The highest BCUT2D eigenvalue weighted by molar-refractivity contribution is 14.1. The van der Waals surface area contributed by atoms with Crippen LogP contribution < -0.4 is 5.73 Å². The van der Waals surface area contributed by atoms with Crippen LogP contribution >= 0.6 is 22.6 Å². The number of methoxy groups -OCH3 is 2. The average Bonchev–Trinajstić information content (AvgIpc) is 2.64. The second kappa shape index (κ2) is 5.15. The standard InChI is InChI=1S/C10H13IN4O2/c1-16-7(17-2)4-15-3-6(11)8-9(12)13-5-14-10(8)15/h3,5,7H,4H2,1-2H3,(H2,12,13,14). The smallest absolute Gasteiger partial charge is 0.174 e. The first-order valence-electron chi connectivity index (χ1n) is 4.97. The summed E-state index contributed by atoms with van der Waals surface area (Å²) in [7, 11) is 3.21. The number of hydrogen-bond acceptors (Lipinski definition) is 5. The zero-order valence-electron chi connectivity index (χ0n) is 9.55. The van der Waals surface area contributed by atoms with Crippen LogP contribution in [-0.2, 0) is 16.0 Å². The van der Waals surface area contributed by atoms with Crippen molar-refractivity contribution in [3.63, 3.8) is 0 Å². The molecule has 0 bridgehead atoms. The molecule has 0 spiro atoms. The first-order chi connectivity index (χ1) is 8.17. The summed E-state index contributed by atoms with van der Waals surface area (Å²) in [6.45, 7) is 0.558. The third-order valence-electron chi connectivity index (χ3n) is 2.51. The highest BCUT2D eigenvalue weighted by atomic mass is 127. The Bertz CT molecular complexity index is 524. The molecule has 2 heterocycles. The molecule has 0 atom stereocenters. The molecule has 7 heteroatoms. The van der Waals surface area contributed by atoms with E-state index in [2.05, 4.69) is 32.6 Å². The van der Waals surface area contributed by atoms with Crippen LogP contribution in [0.2, 0.25) is 0 Å². The Hall–Kier alpha value is -0.930. The lowest BCUT2D eigenvalue weighted by Crippen LogP contribution is -2.20. The maximum absolute atomic E-state index is 5.83. The van der Waals surface area contributed by atoms with Gasteiger partial charge in [-0.1, -0.05) is 0 Å². The zero-order valence-corrected chi connectivity index (χ0v) is 11.7. The van der Waals surface area contributed by atoms with Crippen LogP contribution in [0.1, 0.15) is 0 Å². The molecule has 2 N–H and O–H groups in total. The van der Waals surface area contributed by atoms with E-state index in [0.717, 1.165) is 14.6 Å². The van der Waals surface area contributed by atoms with E-state index in [9.17, 15) is 0 Å². The Morgan fingerprint density at radius 3 is 2.76 bits per heavy atom. The van der Waals surface area contributed by atoms with Crippen LogP contribution in [-0.4, -0.2) is 35.0 Å². The molecule has 92 valence electrons. The molecule has 2 aromatic heterocycles. The first-order valence-corrected chi connectivity index (χ1v) is 6.05. The topological polar surface area (TPSA) is 75.2 Å². The molecule has 0 aromatic carbocycles. The zero-order chi connectivity index (χ0) is 12.4. The van der Waals surface area contributed by atoms with Crippen LogP contribution in [0.5, 0.6) is 0 Å². The van der Waals surface area contributed by atoms with Crippen molar-refractivity contribution in [1.82, 2.24) is 14.5 Å². The summed E-state index contributed by atoms with van der Waals surface area (Å²) in [4.78, 5) is 8.23. The van der Waals surface area contributed by atoms with Gasteiger partial charge >= 0.3 is 0 Å². The lowest BCUT2D eigenvalue weighted by molar-refractivity contribution is -0.110. The molecule has 0 fully saturated rings. The molecule has 0 aliphatic rings. The van der Waals surface area contributed by atoms with Crippen LogP contribution in [0.3, 0.4) is 0 Å². The predicted molar refractivity (Wildman–Crippen MR) is 72.5 cm³/mol. The van der Waals surface area contributed by atoms with Crippen LogP contribution in [0.4, 0.5) is 5.82 Å². The minimum atomic E-state index is -0.308. The fourth-order valence-electron chi connectivity index (χ4n) is 1.64. The van der Waals surface area contributed by atoms with Gasteiger partial charge in [0.2, 0.25) is 0 Å². The van der Waals surface area contributed by atoms with E-state index in [1.54, 1.807) is 14.2 Å². The highest BCUT2D eigenvalue weighted by Crippen LogP contribution is 2.25. The Kier molecular flexibility index (Phi) is 3.79. The Morgan fingerprint density at radius 1 is 1.41 bits per heavy atom. The largest absolute Gasteiger partial charge is 0.383 e. The molecule has 6 nitrogen and oxygen atoms in total. The van der Waals surface area contributed by atoms with Gasteiger partial charge in [0.1, 0.15) is 17.8 Å². The fourth-order valence-corrected chi connectivity index (χ4v) is 2.50. The van der Waals surface area contributed by atoms with Gasteiger partial charge in [0.05, 0.1) is 11.9 Å². The number of nitrogens with zero attached hydrogens (tertiary/aromatic N) is 3. The lowest BCUT2D eigenvalue weighted by Gasteiger charge is -2.14. The Balaban J connectivity index is 2.45. The van der Waals surface area contributed by atoms with E-state index in [1.165, 1.54) is 6.33 Å². The number of nitrogens with two attached hydrogens (primary N) is 1. The summed E-state index contributed by atoms with van der Waals surface area (Å²) < 4.78 is 13.3. The van der Waals surface area contributed by atoms with Crippen molar-refractivity contribution < 1.29 is 9.47 Å². The summed E-state index contributed by atoms with van der Waals surface area (Å²) >= 11 is 2.21. The number of anilines is 1. The van der Waals surface area contributed by atoms with E-state index in [-0.39, 0.29) is 6.29 Å². The number of hydrogen-bond donors (Lipinski definition) is 1. The molecule has 0 saturated heterocycles. The normalized spacial score (nSPS) is 11.5. The molecule has 17 heavy (non-hydrogen) atoms. The van der Waals surface area contributed by atoms with Crippen LogP contribution in [0.15, 0.2) is 12.5 Å². The number of fused-ring (bicyclic) bond motifs is 1. The highest BCUT2D eigenvalue weighted by Gasteiger charge is 2.14. The van der Waals surface area contributed by atoms with Crippen molar-refractivity contribution in [3.8, 4) is 0 Å². The van der Waals surface area contributed by atoms with Crippen LogP contribution in [0, 0.1) is 3.57 Å². The van der Waals surface area contributed by atoms with Crippen molar-refractivity contribution in [1.29, 1.82) is 0 Å². The molecular weight excluding hydrogens is 335 g/mol. The molecule has 0 saturated carbocycles. The third-order valence-corrected chi connectivity index (χ3v) is 3.33. The molecule has 0 radical (unpaired) electrons. The van der Waals surface area contributed by atoms with Gasteiger partial charge in [-0.25, -0.2) is 9.97 Å². The van der Waals surface area contributed by atoms with Gasteiger partial charge in [-0.05, 0) is 22.6 Å². The van der Waals surface area contributed by atoms with Gasteiger partial charge in [0.25, 0.3) is 0 Å². The molecule has 2 aromatic rings. The fraction of sp³-hybridized carbons (Fsp3) is 0.400. The quantitative estimate of drug-likeness (QED) is 0.665. The number of nitrogen functional groups attached to an aromatic ring is 1. The van der Waals surface area contributed by atoms with Crippen LogP contribution in [0.25, 0.3) is 11.0 Å². The van der Waals surface area contributed by atoms with Gasteiger partial charge in [-0.15, -0.1) is 0 Å². The molecule has 0 unspecified atom stereocenters. The van der Waals surface area contributed by atoms with Crippen molar-refractivity contribution in [3.05, 3.63) is 16.1 Å². The number of halogens is 1. The first kappa shape index (κ1) is 12.5. The minimum Gasteiger partial charge on any atom is -0.383 e. The van der Waals surface area contributed by atoms with Crippen molar-refractivity contribution in [2.45, 2.75) is 12.8 Å². The van der Waals surface area contributed by atoms with Gasteiger partial charge in [-0.3, -0.25) is 0 Å². The second-order valence-electron chi connectivity index (χ2n) is 3.49. The summed E-state index contributed by atoms with van der Waals surface area (Å²) in [5.74, 6) is 0.490. The number of ether oxygens (including phenoxy) is 2. The maximum atomic E-state index is 5.83. The minimum absolute atomic E-state index is 0.308. The Labute approximate surface area is 112 Å². The molecular formula is C10H13IN4O2. The summed E-state index contributed by atoms with van der Waals surface area (Å²) in [5, 5.41) is 0.874. The third kappa shape index (κ3) is 2.35. The van der Waals surface area contributed by atoms with E-state index >= 15 is 0 Å². The summed E-state index contributed by atoms with van der Waals surface area (Å²) in [6, 6.07) is 0. The van der Waals surface area contributed by atoms with Crippen molar-refractivity contribution in [2.24, 2.45) is 0 Å². The number of aromatic nitrogens is 3. The predicted octanol–water partition coefficient (Wildman–Crippen LogP) is 1.24. The van der Waals surface area contributed by atoms with E-state index in [1.807, 2.05) is 10.8 Å². The summed E-state index contributed by atoms with van der Waals surface area (Å²) in [6.07, 6.45) is 3.11. The van der Waals surface area contributed by atoms with E-state index in [0.29, 0.717) is 12.4 Å². The molecule has 0 aliphatic heterocycles. The maximum Gasteiger partial charge on any atom is 0.174 e. The summed E-state index contributed by atoms with van der Waals surface area (Å²) in [5.41, 5.74) is 6.63. The molecule has 2 rings (SSSR count). The van der Waals surface area contributed by atoms with E-state index < -0.39 is 0 Å². The number of rotatable bonds is 4. The molecule has 0 aliphatic carbocycles. The van der Waals surface area contributed by atoms with Crippen molar-refractivity contribution in [2.75, 3.05) is 20.0 Å². The van der Waals surface area contributed by atoms with Gasteiger partial charge in [-0.2, -0.15) is 0 Å². The van der Waals surface area contributed by atoms with Gasteiger partial charge in [0, 0.05) is 24.0 Å². The average molecular weight is 348 g/mol. The second-order valence-corrected chi connectivity index (χ2v) is 4.65. The SMILES string of the molecule is COC(Cn1cc(I)c2c(N)ncnc21)OC. The monoisotopic (exact) mass is 348 g/mol. The van der Waals surface area contributed by atoms with Gasteiger partial charge < -0.3 is 19.8 Å². The van der Waals surface area contributed by atoms with E-state index in [4.69, 9.17) is 15.2 Å². The molecule has 0 amide bonds.